The summed E-state index contributed by atoms with van der Waals surface area (Å²) in [4.78, 5) is 0. The number of hydrogen-bond acceptors (Lipinski definition) is 2. The molecule has 6 heavy (non-hydrogen) atoms. The van der Waals surface area contributed by atoms with Gasteiger partial charge in [-0.3, -0.25) is 5.41 Å². The van der Waals surface area contributed by atoms with Crippen LogP contribution in [0.2, 0.25) is 0 Å². The Kier molecular flexibility index (Phi) is 0.587. The van der Waals surface area contributed by atoms with Crippen molar-refractivity contribution in [3.8, 4) is 0 Å². The Morgan fingerprint density at radius 2 is 2.50 bits per heavy atom. The molecule has 0 aliphatic carbocycles. The molecule has 1 N–H and O–H groups in total. The van der Waals surface area contributed by atoms with E-state index in [9.17, 15) is 0 Å². The molecule has 0 aromatic heterocycles. The second kappa shape index (κ2) is 0.965. The second-order valence-corrected chi connectivity index (χ2v) is 1.56. The topological polar surface area (TPSA) is 33.1 Å². The number of hydrogen-bond donors (Lipinski definition) is 1. The highest BCUT2D eigenvalue weighted by Gasteiger charge is 2.18. The van der Waals surface area contributed by atoms with Crippen molar-refractivity contribution in [2.24, 2.45) is 0 Å². The van der Waals surface area contributed by atoms with Crippen LogP contribution in [0.15, 0.2) is 0 Å². The predicted octanol–water partition coefficient (Wildman–Crippen LogP) is 0.772. The first-order chi connectivity index (χ1) is 2.79. The standard InChI is InChI=1S/C4H7NO/c1-3-2-4(5)6-3/h3,5H,2H2,1H3/t3-/m1/s1. The van der Waals surface area contributed by atoms with Gasteiger partial charge in [-0.15, -0.1) is 0 Å². The third kappa shape index (κ3) is 0.379. The lowest BCUT2D eigenvalue weighted by Gasteiger charge is -2.23. The average molecular weight is 85.1 g/mol. The molecule has 0 unspecified atom stereocenters. The Balaban J connectivity index is 2.28. The maximum absolute atomic E-state index is 6.74. The van der Waals surface area contributed by atoms with Crippen molar-refractivity contribution in [2.75, 3.05) is 0 Å². The lowest BCUT2D eigenvalue weighted by Crippen LogP contribution is -2.28. The molecule has 0 aromatic rings. The highest BCUT2D eigenvalue weighted by atomic mass is 16.5. The number of nitrogens with one attached hydrogen (secondary N) is 1. The molecule has 34 valence electrons. The maximum Gasteiger partial charge on any atom is 0.184 e. The van der Waals surface area contributed by atoms with Gasteiger partial charge in [0, 0.05) is 0 Å². The van der Waals surface area contributed by atoms with E-state index < -0.39 is 0 Å². The van der Waals surface area contributed by atoms with Gasteiger partial charge in [-0.2, -0.15) is 0 Å². The summed E-state index contributed by atoms with van der Waals surface area (Å²) in [6.07, 6.45) is 1.15. The molecule has 0 bridgehead atoms. The second-order valence-electron chi connectivity index (χ2n) is 1.56. The Labute approximate surface area is 36.6 Å². The van der Waals surface area contributed by atoms with E-state index in [1.165, 1.54) is 0 Å². The first kappa shape index (κ1) is 3.65. The fourth-order valence-electron chi connectivity index (χ4n) is 0.494. The maximum atomic E-state index is 6.74. The van der Waals surface area contributed by atoms with Crippen LogP contribution in [0.5, 0.6) is 0 Å². The van der Waals surface area contributed by atoms with E-state index in [1.54, 1.807) is 0 Å². The van der Waals surface area contributed by atoms with Gasteiger partial charge in [0.25, 0.3) is 0 Å². The molecule has 2 nitrogen and oxygen atoms in total. The van der Waals surface area contributed by atoms with Gasteiger partial charge in [0.1, 0.15) is 6.10 Å². The van der Waals surface area contributed by atoms with Gasteiger partial charge in [0.2, 0.25) is 0 Å². The summed E-state index contributed by atoms with van der Waals surface area (Å²) < 4.78 is 4.72. The van der Waals surface area contributed by atoms with Crippen LogP contribution in [0.1, 0.15) is 13.3 Å². The minimum absolute atomic E-state index is 0.317. The molecule has 1 aliphatic heterocycles. The molecule has 0 spiro atoms. The van der Waals surface area contributed by atoms with Crippen LogP contribution in [0.3, 0.4) is 0 Å². The third-order valence-electron chi connectivity index (χ3n) is 0.816. The molecular formula is C4H7NO. The van der Waals surface area contributed by atoms with E-state index >= 15 is 0 Å². The van der Waals surface area contributed by atoms with Crippen molar-refractivity contribution < 1.29 is 4.74 Å². The Hall–Kier alpha value is -0.530. The van der Waals surface area contributed by atoms with Crippen LogP contribution in [0.4, 0.5) is 0 Å². The molecule has 1 aliphatic rings. The summed E-state index contributed by atoms with van der Waals surface area (Å²) >= 11 is 0. The van der Waals surface area contributed by atoms with Gasteiger partial charge in [-0.05, 0) is 6.92 Å². The summed E-state index contributed by atoms with van der Waals surface area (Å²) in [6, 6.07) is 0. The first-order valence-corrected chi connectivity index (χ1v) is 2.03. The Morgan fingerprint density at radius 1 is 2.00 bits per heavy atom. The zero-order chi connectivity index (χ0) is 4.57. The van der Waals surface area contributed by atoms with Crippen molar-refractivity contribution in [1.29, 1.82) is 5.41 Å². The van der Waals surface area contributed by atoms with Crippen LogP contribution < -0.4 is 0 Å². The quantitative estimate of drug-likeness (QED) is 0.463. The lowest BCUT2D eigenvalue weighted by atomic mass is 10.2. The summed E-state index contributed by atoms with van der Waals surface area (Å²) in [5, 5.41) is 6.74. The summed E-state index contributed by atoms with van der Waals surface area (Å²) in [5.74, 6) is 0.433. The van der Waals surface area contributed by atoms with Crippen LogP contribution >= 0.6 is 0 Å². The molecule has 0 aromatic carbocycles. The van der Waals surface area contributed by atoms with Gasteiger partial charge in [-0.1, -0.05) is 0 Å². The SMILES string of the molecule is C[C@@H]1CC(=N)O1. The van der Waals surface area contributed by atoms with Crippen molar-refractivity contribution >= 4 is 5.90 Å². The smallest absolute Gasteiger partial charge is 0.184 e. The molecule has 1 saturated heterocycles. The van der Waals surface area contributed by atoms with E-state index in [1.807, 2.05) is 6.92 Å². The number of rotatable bonds is 0. The fourth-order valence-corrected chi connectivity index (χ4v) is 0.494. The molecule has 1 rings (SSSR count). The molecule has 1 heterocycles. The molecule has 1 fully saturated rings. The number of ether oxygens (including phenoxy) is 1. The van der Waals surface area contributed by atoms with Crippen molar-refractivity contribution in [1.82, 2.24) is 0 Å². The van der Waals surface area contributed by atoms with E-state index in [0.717, 1.165) is 6.42 Å². The average Bonchev–Trinajstić information content (AvgIpc) is 1.33. The molecular weight excluding hydrogens is 78.0 g/mol. The van der Waals surface area contributed by atoms with E-state index in [0.29, 0.717) is 12.0 Å². The largest absolute Gasteiger partial charge is 0.478 e. The van der Waals surface area contributed by atoms with Crippen LogP contribution in [0.25, 0.3) is 0 Å². The Morgan fingerprint density at radius 3 is 2.50 bits per heavy atom. The van der Waals surface area contributed by atoms with Gasteiger partial charge in [-0.25, -0.2) is 0 Å². The molecule has 2 heteroatoms. The molecule has 0 amide bonds. The zero-order valence-electron chi connectivity index (χ0n) is 3.69. The van der Waals surface area contributed by atoms with E-state index in [4.69, 9.17) is 10.1 Å². The summed E-state index contributed by atoms with van der Waals surface area (Å²) in [5.41, 5.74) is 0. The summed E-state index contributed by atoms with van der Waals surface area (Å²) in [6.45, 7) is 1.96. The zero-order valence-corrected chi connectivity index (χ0v) is 3.69. The minimum atomic E-state index is 0.317. The fraction of sp³-hybridized carbons (Fsp3) is 0.750. The molecule has 0 radical (unpaired) electrons. The highest BCUT2D eigenvalue weighted by molar-refractivity contribution is 5.77. The van der Waals surface area contributed by atoms with Crippen LogP contribution in [-0.2, 0) is 4.74 Å². The molecule has 0 saturated carbocycles. The van der Waals surface area contributed by atoms with Crippen LogP contribution in [-0.4, -0.2) is 12.0 Å². The lowest BCUT2D eigenvalue weighted by molar-refractivity contribution is 0.135. The normalized spacial score (nSPS) is 31.5. The molecule has 1 atom stereocenters. The summed E-state index contributed by atoms with van der Waals surface area (Å²) in [7, 11) is 0. The highest BCUT2D eigenvalue weighted by Crippen LogP contribution is 2.10. The predicted molar refractivity (Wildman–Crippen MR) is 22.9 cm³/mol. The monoisotopic (exact) mass is 85.1 g/mol. The van der Waals surface area contributed by atoms with Gasteiger partial charge in [0.05, 0.1) is 6.42 Å². The van der Waals surface area contributed by atoms with Crippen LogP contribution in [0, 0.1) is 5.41 Å². The van der Waals surface area contributed by atoms with Crippen molar-refractivity contribution in [2.45, 2.75) is 19.4 Å². The van der Waals surface area contributed by atoms with E-state index in [2.05, 4.69) is 0 Å². The van der Waals surface area contributed by atoms with E-state index in [-0.39, 0.29) is 0 Å². The Bertz CT molecular complexity index is 71.6. The van der Waals surface area contributed by atoms with Gasteiger partial charge >= 0.3 is 0 Å². The first-order valence-electron chi connectivity index (χ1n) is 2.03. The third-order valence-corrected chi connectivity index (χ3v) is 0.816. The minimum Gasteiger partial charge on any atom is -0.478 e. The van der Waals surface area contributed by atoms with Gasteiger partial charge in [0.15, 0.2) is 5.90 Å². The van der Waals surface area contributed by atoms with Crippen molar-refractivity contribution in [3.63, 3.8) is 0 Å². The van der Waals surface area contributed by atoms with Crippen molar-refractivity contribution in [3.05, 3.63) is 0 Å². The van der Waals surface area contributed by atoms with Gasteiger partial charge < -0.3 is 4.74 Å².